The molecule has 102 valence electrons. The summed E-state index contributed by atoms with van der Waals surface area (Å²) in [6.07, 6.45) is 5.48. The predicted octanol–water partition coefficient (Wildman–Crippen LogP) is 2.94. The fourth-order valence-electron chi connectivity index (χ4n) is 4.07. The Bertz CT molecular complexity index is 588. The fourth-order valence-corrected chi connectivity index (χ4v) is 4.07. The second kappa shape index (κ2) is 4.32. The van der Waals surface area contributed by atoms with Gasteiger partial charge in [0.2, 0.25) is 0 Å². The van der Waals surface area contributed by atoms with Crippen LogP contribution in [0.25, 0.3) is 0 Å². The van der Waals surface area contributed by atoms with Crippen LogP contribution in [0.5, 0.6) is 0 Å². The Morgan fingerprint density at radius 1 is 1.25 bits per heavy atom. The SMILES string of the molecule is N#C[C@H]1CCN2N(c3ccccc3)N=C3CCCC[C@]312. The number of benzene rings is 1. The van der Waals surface area contributed by atoms with Crippen LogP contribution in [-0.4, -0.2) is 22.8 Å². The van der Waals surface area contributed by atoms with Crippen molar-refractivity contribution in [2.75, 3.05) is 11.7 Å². The lowest BCUT2D eigenvalue weighted by atomic mass is 9.73. The first-order valence-electron chi connectivity index (χ1n) is 7.46. The van der Waals surface area contributed by atoms with E-state index >= 15 is 0 Å². The molecule has 4 nitrogen and oxygen atoms in total. The lowest BCUT2D eigenvalue weighted by Gasteiger charge is -2.40. The Kier molecular flexibility index (Phi) is 2.58. The molecule has 1 saturated carbocycles. The van der Waals surface area contributed by atoms with Gasteiger partial charge in [-0.3, -0.25) is 0 Å². The molecule has 20 heavy (non-hydrogen) atoms. The normalized spacial score (nSPS) is 32.5. The van der Waals surface area contributed by atoms with Gasteiger partial charge in [0.1, 0.15) is 0 Å². The van der Waals surface area contributed by atoms with Gasteiger partial charge in [0, 0.05) is 6.54 Å². The van der Waals surface area contributed by atoms with Crippen molar-refractivity contribution in [3.05, 3.63) is 30.3 Å². The monoisotopic (exact) mass is 266 g/mol. The maximum absolute atomic E-state index is 9.55. The Morgan fingerprint density at radius 3 is 2.90 bits per heavy atom. The third kappa shape index (κ3) is 1.41. The number of anilines is 1. The standard InChI is InChI=1S/C16H18N4/c17-12-13-9-11-19-16(13)10-5-4-8-15(16)18-20(19)14-6-2-1-3-7-14/h1-3,6-7,13H,4-5,8-11H2/t13-,16-/m1/s1. The first-order valence-corrected chi connectivity index (χ1v) is 7.46. The van der Waals surface area contributed by atoms with Gasteiger partial charge >= 0.3 is 0 Å². The fraction of sp³-hybridized carbons (Fsp3) is 0.500. The quantitative estimate of drug-likeness (QED) is 0.785. The van der Waals surface area contributed by atoms with Gasteiger partial charge in [-0.2, -0.15) is 20.5 Å². The summed E-state index contributed by atoms with van der Waals surface area (Å²) in [6, 6.07) is 12.8. The van der Waals surface area contributed by atoms with Gasteiger partial charge in [-0.05, 0) is 37.8 Å². The first-order chi connectivity index (χ1) is 9.86. The van der Waals surface area contributed by atoms with E-state index in [2.05, 4.69) is 28.3 Å². The van der Waals surface area contributed by atoms with E-state index in [-0.39, 0.29) is 11.5 Å². The van der Waals surface area contributed by atoms with Crippen LogP contribution in [0.1, 0.15) is 32.1 Å². The van der Waals surface area contributed by atoms with Crippen molar-refractivity contribution in [1.82, 2.24) is 5.01 Å². The van der Waals surface area contributed by atoms with Crippen molar-refractivity contribution < 1.29 is 0 Å². The molecule has 0 unspecified atom stereocenters. The van der Waals surface area contributed by atoms with Crippen LogP contribution >= 0.6 is 0 Å². The Hall–Kier alpha value is -1.86. The lowest BCUT2D eigenvalue weighted by Crippen LogP contribution is -2.54. The second-order valence-electron chi connectivity index (χ2n) is 5.90. The zero-order valence-corrected chi connectivity index (χ0v) is 11.5. The molecule has 2 atom stereocenters. The summed E-state index contributed by atoms with van der Waals surface area (Å²) in [5, 5.41) is 18.8. The number of hydrazone groups is 1. The van der Waals surface area contributed by atoms with Gasteiger partial charge in [-0.1, -0.05) is 24.6 Å². The molecule has 1 saturated heterocycles. The average Bonchev–Trinajstić information content (AvgIpc) is 3.01. The molecular weight excluding hydrogens is 248 g/mol. The van der Waals surface area contributed by atoms with E-state index in [4.69, 9.17) is 5.10 Å². The van der Waals surface area contributed by atoms with E-state index in [1.165, 1.54) is 18.6 Å². The summed E-state index contributed by atoms with van der Waals surface area (Å²) in [4.78, 5) is 0. The molecule has 0 amide bonds. The molecule has 1 spiro atoms. The number of rotatable bonds is 1. The summed E-state index contributed by atoms with van der Waals surface area (Å²) < 4.78 is 0. The Balaban J connectivity index is 1.80. The predicted molar refractivity (Wildman–Crippen MR) is 78.0 cm³/mol. The maximum atomic E-state index is 9.55. The molecular formula is C16H18N4. The molecule has 0 bridgehead atoms. The minimum Gasteiger partial charge on any atom is -0.198 e. The molecule has 2 fully saturated rings. The third-order valence-electron chi connectivity index (χ3n) is 4.97. The molecule has 2 heterocycles. The number of nitrogens with zero attached hydrogens (tertiary/aromatic N) is 4. The van der Waals surface area contributed by atoms with E-state index in [0.29, 0.717) is 0 Å². The number of hydrogen-bond donors (Lipinski definition) is 0. The summed E-state index contributed by atoms with van der Waals surface area (Å²) >= 11 is 0. The van der Waals surface area contributed by atoms with Gasteiger partial charge < -0.3 is 0 Å². The molecule has 4 heteroatoms. The highest BCUT2D eigenvalue weighted by Gasteiger charge is 2.59. The van der Waals surface area contributed by atoms with Crippen LogP contribution in [0.2, 0.25) is 0 Å². The molecule has 4 rings (SSSR count). The van der Waals surface area contributed by atoms with Crippen molar-refractivity contribution in [3.63, 3.8) is 0 Å². The Morgan fingerprint density at radius 2 is 2.10 bits per heavy atom. The largest absolute Gasteiger partial charge is 0.198 e. The van der Waals surface area contributed by atoms with E-state index in [1.54, 1.807) is 0 Å². The topological polar surface area (TPSA) is 42.6 Å². The van der Waals surface area contributed by atoms with Crippen LogP contribution in [0.4, 0.5) is 5.69 Å². The minimum atomic E-state index is -0.108. The molecule has 1 aromatic rings. The summed E-state index contributed by atoms with van der Waals surface area (Å²) in [5.41, 5.74) is 2.23. The number of hydrogen-bond acceptors (Lipinski definition) is 4. The van der Waals surface area contributed by atoms with Crippen molar-refractivity contribution in [2.24, 2.45) is 11.0 Å². The van der Waals surface area contributed by atoms with E-state index in [0.717, 1.165) is 31.5 Å². The lowest BCUT2D eigenvalue weighted by molar-refractivity contribution is 0.170. The molecule has 0 radical (unpaired) electrons. The van der Waals surface area contributed by atoms with Crippen molar-refractivity contribution >= 4 is 11.4 Å². The Labute approximate surface area is 119 Å². The molecule has 0 N–H and O–H groups in total. The average molecular weight is 266 g/mol. The van der Waals surface area contributed by atoms with Gasteiger partial charge in [0.15, 0.2) is 0 Å². The summed E-state index contributed by atoms with van der Waals surface area (Å²) in [6.45, 7) is 0.931. The van der Waals surface area contributed by atoms with Crippen LogP contribution in [0.15, 0.2) is 35.4 Å². The van der Waals surface area contributed by atoms with Gasteiger partial charge in [-0.25, -0.2) is 0 Å². The first kappa shape index (κ1) is 11.9. The molecule has 1 aromatic carbocycles. The molecule has 3 aliphatic rings. The van der Waals surface area contributed by atoms with Crippen LogP contribution in [0.3, 0.4) is 0 Å². The van der Waals surface area contributed by atoms with Crippen LogP contribution in [0, 0.1) is 17.2 Å². The van der Waals surface area contributed by atoms with Crippen molar-refractivity contribution in [1.29, 1.82) is 5.26 Å². The second-order valence-corrected chi connectivity index (χ2v) is 5.90. The third-order valence-corrected chi connectivity index (χ3v) is 4.97. The van der Waals surface area contributed by atoms with Gasteiger partial charge in [-0.15, -0.1) is 0 Å². The van der Waals surface area contributed by atoms with Crippen LogP contribution in [-0.2, 0) is 0 Å². The highest BCUT2D eigenvalue weighted by atomic mass is 15.8. The smallest absolute Gasteiger partial charge is 0.0979 e. The highest BCUT2D eigenvalue weighted by molar-refractivity contribution is 5.98. The number of hydrazine groups is 1. The van der Waals surface area contributed by atoms with Gasteiger partial charge in [0.05, 0.1) is 28.9 Å². The number of para-hydroxylation sites is 1. The van der Waals surface area contributed by atoms with E-state index < -0.39 is 0 Å². The highest BCUT2D eigenvalue weighted by Crippen LogP contribution is 2.49. The summed E-state index contributed by atoms with van der Waals surface area (Å²) in [7, 11) is 0. The van der Waals surface area contributed by atoms with E-state index in [9.17, 15) is 5.26 Å². The number of nitriles is 1. The zero-order chi connectivity index (χ0) is 13.6. The molecule has 1 aliphatic carbocycles. The minimum absolute atomic E-state index is 0.0928. The van der Waals surface area contributed by atoms with Crippen molar-refractivity contribution in [2.45, 2.75) is 37.6 Å². The summed E-state index contributed by atoms with van der Waals surface area (Å²) in [5.74, 6) is 0.0928. The van der Waals surface area contributed by atoms with Crippen LogP contribution < -0.4 is 5.12 Å². The zero-order valence-electron chi connectivity index (χ0n) is 11.5. The van der Waals surface area contributed by atoms with Gasteiger partial charge in [0.25, 0.3) is 0 Å². The molecule has 0 aromatic heterocycles. The van der Waals surface area contributed by atoms with E-state index in [1.807, 2.05) is 18.2 Å². The van der Waals surface area contributed by atoms with Crippen molar-refractivity contribution in [3.8, 4) is 6.07 Å². The maximum Gasteiger partial charge on any atom is 0.0979 e. The molecule has 2 aliphatic heterocycles.